The Balaban J connectivity index is 2.02. The molecule has 1 saturated heterocycles. The maximum Gasteiger partial charge on any atom is 0.193 e. The van der Waals surface area contributed by atoms with Gasteiger partial charge in [-0.15, -0.1) is 0 Å². The van der Waals surface area contributed by atoms with Crippen LogP contribution in [0.4, 0.5) is 4.39 Å². The lowest BCUT2D eigenvalue weighted by Crippen LogP contribution is -2.50. The minimum absolute atomic E-state index is 0.0667. The van der Waals surface area contributed by atoms with Crippen molar-refractivity contribution < 1.29 is 9.13 Å². The van der Waals surface area contributed by atoms with E-state index in [-0.39, 0.29) is 18.0 Å². The molecule has 4 nitrogen and oxygen atoms in total. The second-order valence-corrected chi connectivity index (χ2v) is 6.55. The molecule has 23 heavy (non-hydrogen) atoms. The number of hydrogen-bond acceptors (Lipinski definition) is 2. The Morgan fingerprint density at radius 1 is 1.35 bits per heavy atom. The molecule has 2 rings (SSSR count). The fourth-order valence-electron chi connectivity index (χ4n) is 2.79. The topological polar surface area (TPSA) is 36.9 Å². The molecule has 1 aromatic carbocycles. The number of guanidine groups is 1. The Labute approximate surface area is 138 Å². The Hall–Kier alpha value is -1.62. The van der Waals surface area contributed by atoms with E-state index in [9.17, 15) is 4.39 Å². The lowest BCUT2D eigenvalue weighted by Gasteiger charge is -2.38. The first kappa shape index (κ1) is 17.7. The maximum absolute atomic E-state index is 13.1. The summed E-state index contributed by atoms with van der Waals surface area (Å²) in [5, 5.41) is 3.43. The molecule has 1 aromatic rings. The molecule has 0 bridgehead atoms. The van der Waals surface area contributed by atoms with Crippen molar-refractivity contribution in [3.63, 3.8) is 0 Å². The van der Waals surface area contributed by atoms with E-state index in [0.717, 1.165) is 37.6 Å². The molecule has 1 heterocycles. The van der Waals surface area contributed by atoms with Crippen LogP contribution in [0.3, 0.4) is 0 Å². The van der Waals surface area contributed by atoms with Crippen LogP contribution < -0.4 is 5.32 Å². The van der Waals surface area contributed by atoms with Crippen molar-refractivity contribution in [2.24, 2.45) is 10.9 Å². The van der Waals surface area contributed by atoms with Gasteiger partial charge in [0, 0.05) is 20.1 Å². The summed E-state index contributed by atoms with van der Waals surface area (Å²) in [6, 6.07) is 6.56. The van der Waals surface area contributed by atoms with Crippen molar-refractivity contribution in [1.29, 1.82) is 0 Å². The van der Waals surface area contributed by atoms with Gasteiger partial charge in [-0.3, -0.25) is 4.99 Å². The van der Waals surface area contributed by atoms with Gasteiger partial charge < -0.3 is 15.0 Å². The van der Waals surface area contributed by atoms with Gasteiger partial charge in [0.2, 0.25) is 0 Å². The number of hydrogen-bond donors (Lipinski definition) is 1. The van der Waals surface area contributed by atoms with Crippen LogP contribution in [0.5, 0.6) is 0 Å². The van der Waals surface area contributed by atoms with Gasteiger partial charge in [-0.1, -0.05) is 26.0 Å². The predicted molar refractivity (Wildman–Crippen MR) is 92.1 cm³/mol. The summed E-state index contributed by atoms with van der Waals surface area (Å²) < 4.78 is 19.1. The van der Waals surface area contributed by atoms with Gasteiger partial charge in [-0.2, -0.15) is 0 Å². The van der Waals surface area contributed by atoms with E-state index < -0.39 is 0 Å². The van der Waals surface area contributed by atoms with E-state index in [1.54, 1.807) is 12.1 Å². The Morgan fingerprint density at radius 3 is 2.65 bits per heavy atom. The minimum atomic E-state index is -0.222. The van der Waals surface area contributed by atoms with Gasteiger partial charge >= 0.3 is 0 Å². The normalized spacial score (nSPS) is 22.5. The number of ether oxygens (including phenoxy) is 1. The van der Waals surface area contributed by atoms with Crippen LogP contribution in [-0.4, -0.2) is 43.6 Å². The summed E-state index contributed by atoms with van der Waals surface area (Å²) in [4.78, 5) is 6.63. The number of halogens is 1. The number of aliphatic imine (C=N–C) groups is 1. The zero-order valence-corrected chi connectivity index (χ0v) is 14.6. The quantitative estimate of drug-likeness (QED) is 0.683. The Bertz CT molecular complexity index is 516. The second kappa shape index (κ2) is 8.29. The zero-order chi connectivity index (χ0) is 16.8. The lowest BCUT2D eigenvalue weighted by molar-refractivity contribution is -0.0605. The van der Waals surface area contributed by atoms with E-state index in [1.807, 2.05) is 7.05 Å². The maximum atomic E-state index is 13.1. The monoisotopic (exact) mass is 321 g/mol. The molecule has 0 aromatic heterocycles. The van der Waals surface area contributed by atoms with Crippen molar-refractivity contribution in [1.82, 2.24) is 10.2 Å². The molecule has 1 fully saturated rings. The van der Waals surface area contributed by atoms with Crippen molar-refractivity contribution in [2.75, 3.05) is 26.7 Å². The van der Waals surface area contributed by atoms with Gasteiger partial charge in [0.15, 0.2) is 5.96 Å². The summed E-state index contributed by atoms with van der Waals surface area (Å²) >= 11 is 0. The van der Waals surface area contributed by atoms with Gasteiger partial charge in [0.25, 0.3) is 0 Å². The molecule has 5 heteroatoms. The lowest BCUT2D eigenvalue weighted by atomic mass is 10.1. The average Bonchev–Trinajstić information content (AvgIpc) is 2.51. The van der Waals surface area contributed by atoms with Gasteiger partial charge in [0.05, 0.1) is 12.6 Å². The molecular weight excluding hydrogens is 293 g/mol. The molecular formula is C18H28FN3O. The number of morpholine rings is 1. The molecule has 1 N–H and O–H groups in total. The standard InChI is InChI=1S/C18H28FN3O/c1-13(2)9-10-21-18(20-4)22-11-14(3)23-17(12-22)15-5-7-16(19)8-6-15/h5-8,13-14,17H,9-12H2,1-4H3,(H,20,21). The summed E-state index contributed by atoms with van der Waals surface area (Å²) in [6.07, 6.45) is 1.14. The number of rotatable bonds is 4. The molecule has 0 saturated carbocycles. The first-order valence-corrected chi connectivity index (χ1v) is 8.36. The first-order chi connectivity index (χ1) is 11.0. The van der Waals surface area contributed by atoms with Gasteiger partial charge in [0.1, 0.15) is 11.9 Å². The van der Waals surface area contributed by atoms with Crippen LogP contribution in [0.1, 0.15) is 38.9 Å². The molecule has 0 amide bonds. The Kier molecular flexibility index (Phi) is 6.39. The highest BCUT2D eigenvalue weighted by atomic mass is 19.1. The predicted octanol–water partition coefficient (Wildman–Crippen LogP) is 3.21. The SMILES string of the molecule is CN=C(NCCC(C)C)N1CC(C)OC(c2ccc(F)cc2)C1. The van der Waals surface area contributed by atoms with Crippen molar-refractivity contribution in [2.45, 2.75) is 39.4 Å². The van der Waals surface area contributed by atoms with Crippen molar-refractivity contribution >= 4 is 5.96 Å². The zero-order valence-electron chi connectivity index (χ0n) is 14.6. The van der Waals surface area contributed by atoms with Crippen LogP contribution in [0, 0.1) is 11.7 Å². The van der Waals surface area contributed by atoms with Crippen LogP contribution in [0.25, 0.3) is 0 Å². The third kappa shape index (κ3) is 5.20. The van der Waals surface area contributed by atoms with Crippen molar-refractivity contribution in [3.8, 4) is 0 Å². The summed E-state index contributed by atoms with van der Waals surface area (Å²) in [5.74, 6) is 1.35. The second-order valence-electron chi connectivity index (χ2n) is 6.55. The Morgan fingerprint density at radius 2 is 2.04 bits per heavy atom. The fourth-order valence-corrected chi connectivity index (χ4v) is 2.79. The highest BCUT2D eigenvalue weighted by molar-refractivity contribution is 5.80. The van der Waals surface area contributed by atoms with Crippen LogP contribution in [-0.2, 0) is 4.74 Å². The molecule has 1 aliphatic heterocycles. The number of benzene rings is 1. The molecule has 0 radical (unpaired) electrons. The third-order valence-electron chi connectivity index (χ3n) is 4.02. The van der Waals surface area contributed by atoms with Crippen LogP contribution in [0.15, 0.2) is 29.3 Å². The van der Waals surface area contributed by atoms with Gasteiger partial charge in [-0.25, -0.2) is 4.39 Å². The van der Waals surface area contributed by atoms with Gasteiger partial charge in [-0.05, 0) is 37.0 Å². The van der Waals surface area contributed by atoms with E-state index in [1.165, 1.54) is 12.1 Å². The van der Waals surface area contributed by atoms with E-state index >= 15 is 0 Å². The van der Waals surface area contributed by atoms with E-state index in [2.05, 4.69) is 36.0 Å². The summed E-state index contributed by atoms with van der Waals surface area (Å²) in [7, 11) is 1.81. The third-order valence-corrected chi connectivity index (χ3v) is 4.02. The molecule has 0 spiro atoms. The fraction of sp³-hybridized carbons (Fsp3) is 0.611. The first-order valence-electron chi connectivity index (χ1n) is 8.36. The van der Waals surface area contributed by atoms with Crippen LogP contribution >= 0.6 is 0 Å². The van der Waals surface area contributed by atoms with E-state index in [4.69, 9.17) is 4.74 Å². The molecule has 1 aliphatic rings. The molecule has 2 atom stereocenters. The van der Waals surface area contributed by atoms with Crippen molar-refractivity contribution in [3.05, 3.63) is 35.6 Å². The summed E-state index contributed by atoms with van der Waals surface area (Å²) in [6.45, 7) is 8.93. The minimum Gasteiger partial charge on any atom is -0.367 e. The highest BCUT2D eigenvalue weighted by Gasteiger charge is 2.28. The van der Waals surface area contributed by atoms with Crippen LogP contribution in [0.2, 0.25) is 0 Å². The molecule has 0 aliphatic carbocycles. The number of nitrogens with zero attached hydrogens (tertiary/aromatic N) is 2. The van der Waals surface area contributed by atoms with E-state index in [0.29, 0.717) is 5.92 Å². The average molecular weight is 321 g/mol. The molecule has 128 valence electrons. The summed E-state index contributed by atoms with van der Waals surface area (Å²) in [5.41, 5.74) is 1.00. The number of nitrogens with one attached hydrogen (secondary N) is 1. The molecule has 2 unspecified atom stereocenters. The smallest absolute Gasteiger partial charge is 0.193 e. The highest BCUT2D eigenvalue weighted by Crippen LogP contribution is 2.25. The largest absolute Gasteiger partial charge is 0.367 e.